The van der Waals surface area contributed by atoms with Crippen molar-refractivity contribution in [3.63, 3.8) is 0 Å². The van der Waals surface area contributed by atoms with Gasteiger partial charge in [0.05, 0.1) is 6.07 Å². The minimum Gasteiger partial charge on any atom is -0.303 e. The Hall–Kier alpha value is -0.590. The van der Waals surface area contributed by atoms with E-state index in [-0.39, 0.29) is 5.54 Å². The highest BCUT2D eigenvalue weighted by Gasteiger charge is 2.37. The van der Waals surface area contributed by atoms with E-state index in [4.69, 9.17) is 5.26 Å². The molecule has 13 heavy (non-hydrogen) atoms. The lowest BCUT2D eigenvalue weighted by atomic mass is 9.99. The Kier molecular flexibility index (Phi) is 3.29. The van der Waals surface area contributed by atoms with Crippen LogP contribution in [0.15, 0.2) is 0 Å². The van der Waals surface area contributed by atoms with Crippen LogP contribution < -0.4 is 5.32 Å². The highest BCUT2D eigenvalue weighted by atomic mass is 15.2. The first kappa shape index (κ1) is 10.5. The maximum absolute atomic E-state index is 9.14. The van der Waals surface area contributed by atoms with Crippen LogP contribution in [0, 0.1) is 11.3 Å². The van der Waals surface area contributed by atoms with Crippen LogP contribution >= 0.6 is 0 Å². The van der Waals surface area contributed by atoms with Gasteiger partial charge in [-0.15, -0.1) is 0 Å². The minimum atomic E-state index is -0.288. The molecule has 74 valence electrons. The average molecular weight is 181 g/mol. The molecule has 3 nitrogen and oxygen atoms in total. The monoisotopic (exact) mass is 181 g/mol. The molecule has 0 radical (unpaired) electrons. The molecule has 1 N–H and O–H groups in total. The van der Waals surface area contributed by atoms with Gasteiger partial charge in [-0.1, -0.05) is 6.92 Å². The van der Waals surface area contributed by atoms with Gasteiger partial charge in [0.1, 0.15) is 5.54 Å². The van der Waals surface area contributed by atoms with E-state index < -0.39 is 0 Å². The lowest BCUT2D eigenvalue weighted by Crippen LogP contribution is -2.49. The third-order valence-corrected chi connectivity index (χ3v) is 2.81. The van der Waals surface area contributed by atoms with E-state index in [2.05, 4.69) is 37.2 Å². The lowest BCUT2D eigenvalue weighted by Gasteiger charge is -2.26. The highest BCUT2D eigenvalue weighted by molar-refractivity contribution is 5.13. The molecule has 0 aromatic carbocycles. The second kappa shape index (κ2) is 4.08. The maximum atomic E-state index is 9.14. The SMILES string of the molecule is CCC(C)NC1(C#N)CCN(C)C1. The summed E-state index contributed by atoms with van der Waals surface area (Å²) in [6, 6.07) is 2.86. The molecular weight excluding hydrogens is 162 g/mol. The number of likely N-dealkylation sites (N-methyl/N-ethyl adjacent to an activating group) is 1. The van der Waals surface area contributed by atoms with Gasteiger partial charge >= 0.3 is 0 Å². The molecule has 1 heterocycles. The van der Waals surface area contributed by atoms with Gasteiger partial charge < -0.3 is 4.90 Å². The van der Waals surface area contributed by atoms with E-state index in [1.54, 1.807) is 0 Å². The van der Waals surface area contributed by atoms with Crippen LogP contribution in [0.25, 0.3) is 0 Å². The lowest BCUT2D eigenvalue weighted by molar-refractivity contribution is 0.338. The molecule has 2 unspecified atom stereocenters. The van der Waals surface area contributed by atoms with Gasteiger partial charge in [-0.2, -0.15) is 5.26 Å². The molecule has 1 saturated heterocycles. The Balaban J connectivity index is 2.57. The summed E-state index contributed by atoms with van der Waals surface area (Å²) in [5, 5.41) is 12.6. The Morgan fingerprint density at radius 3 is 2.77 bits per heavy atom. The first-order valence-electron chi connectivity index (χ1n) is 4.99. The van der Waals surface area contributed by atoms with Gasteiger partial charge in [0, 0.05) is 19.1 Å². The summed E-state index contributed by atoms with van der Waals surface area (Å²) in [7, 11) is 2.07. The van der Waals surface area contributed by atoms with Crippen molar-refractivity contribution >= 4 is 0 Å². The van der Waals surface area contributed by atoms with Gasteiger partial charge in [-0.05, 0) is 26.8 Å². The quantitative estimate of drug-likeness (QED) is 0.705. The third-order valence-electron chi connectivity index (χ3n) is 2.81. The molecule has 0 amide bonds. The number of hydrogen-bond donors (Lipinski definition) is 1. The summed E-state index contributed by atoms with van der Waals surface area (Å²) in [4.78, 5) is 2.21. The summed E-state index contributed by atoms with van der Waals surface area (Å²) < 4.78 is 0. The topological polar surface area (TPSA) is 39.1 Å². The van der Waals surface area contributed by atoms with Crippen molar-refractivity contribution in [2.75, 3.05) is 20.1 Å². The molecule has 2 atom stereocenters. The molecule has 1 aliphatic heterocycles. The Labute approximate surface area is 80.7 Å². The van der Waals surface area contributed by atoms with Gasteiger partial charge in [0.25, 0.3) is 0 Å². The van der Waals surface area contributed by atoms with E-state index in [0.717, 1.165) is 25.9 Å². The fraction of sp³-hybridized carbons (Fsp3) is 0.900. The normalized spacial score (nSPS) is 31.5. The number of nitriles is 1. The second-order valence-corrected chi connectivity index (χ2v) is 4.14. The summed E-state index contributed by atoms with van der Waals surface area (Å²) in [6.45, 7) is 6.16. The van der Waals surface area contributed by atoms with Crippen LogP contribution in [-0.4, -0.2) is 36.6 Å². The number of nitrogens with zero attached hydrogens (tertiary/aromatic N) is 2. The smallest absolute Gasteiger partial charge is 0.120 e. The number of hydrogen-bond acceptors (Lipinski definition) is 3. The largest absolute Gasteiger partial charge is 0.303 e. The van der Waals surface area contributed by atoms with Crippen LogP contribution in [-0.2, 0) is 0 Å². The predicted molar refractivity (Wildman–Crippen MR) is 53.3 cm³/mol. The zero-order chi connectivity index (χ0) is 9.90. The van der Waals surface area contributed by atoms with Crippen LogP contribution in [0.3, 0.4) is 0 Å². The van der Waals surface area contributed by atoms with E-state index in [9.17, 15) is 0 Å². The molecule has 0 aromatic rings. The van der Waals surface area contributed by atoms with Crippen molar-refractivity contribution in [1.29, 1.82) is 5.26 Å². The molecule has 1 fully saturated rings. The average Bonchev–Trinajstić information content (AvgIpc) is 2.48. The molecular formula is C10H19N3. The molecule has 0 spiro atoms. The van der Waals surface area contributed by atoms with Crippen LogP contribution in [0.2, 0.25) is 0 Å². The molecule has 0 saturated carbocycles. The highest BCUT2D eigenvalue weighted by Crippen LogP contribution is 2.20. The fourth-order valence-electron chi connectivity index (χ4n) is 1.82. The summed E-state index contributed by atoms with van der Waals surface area (Å²) in [6.07, 6.45) is 2.03. The minimum absolute atomic E-state index is 0.288. The molecule has 0 bridgehead atoms. The van der Waals surface area contributed by atoms with Gasteiger partial charge in [0.15, 0.2) is 0 Å². The van der Waals surface area contributed by atoms with E-state index in [0.29, 0.717) is 6.04 Å². The third kappa shape index (κ3) is 2.43. The first-order chi connectivity index (χ1) is 6.12. The summed E-state index contributed by atoms with van der Waals surface area (Å²) >= 11 is 0. The van der Waals surface area contributed by atoms with Crippen LogP contribution in [0.1, 0.15) is 26.7 Å². The van der Waals surface area contributed by atoms with E-state index in [1.165, 1.54) is 0 Å². The fourth-order valence-corrected chi connectivity index (χ4v) is 1.82. The van der Waals surface area contributed by atoms with Crippen LogP contribution in [0.4, 0.5) is 0 Å². The van der Waals surface area contributed by atoms with Crippen molar-refractivity contribution in [2.45, 2.75) is 38.3 Å². The first-order valence-corrected chi connectivity index (χ1v) is 4.99. The van der Waals surface area contributed by atoms with Crippen molar-refractivity contribution in [3.8, 4) is 6.07 Å². The molecule has 0 aliphatic carbocycles. The Morgan fingerprint density at radius 1 is 1.69 bits per heavy atom. The van der Waals surface area contributed by atoms with Crippen molar-refractivity contribution in [2.24, 2.45) is 0 Å². The molecule has 3 heteroatoms. The zero-order valence-corrected chi connectivity index (χ0v) is 8.80. The second-order valence-electron chi connectivity index (χ2n) is 4.14. The standard InChI is InChI=1S/C10H19N3/c1-4-9(2)12-10(7-11)5-6-13(3)8-10/h9,12H,4-6,8H2,1-3H3. The van der Waals surface area contributed by atoms with Crippen molar-refractivity contribution < 1.29 is 0 Å². The van der Waals surface area contributed by atoms with E-state index >= 15 is 0 Å². The van der Waals surface area contributed by atoms with Gasteiger partial charge in [-0.25, -0.2) is 0 Å². The molecule has 0 aromatic heterocycles. The van der Waals surface area contributed by atoms with Gasteiger partial charge in [-0.3, -0.25) is 5.32 Å². The Morgan fingerprint density at radius 2 is 2.38 bits per heavy atom. The van der Waals surface area contributed by atoms with Crippen LogP contribution in [0.5, 0.6) is 0 Å². The van der Waals surface area contributed by atoms with Crippen molar-refractivity contribution in [1.82, 2.24) is 10.2 Å². The number of nitrogens with one attached hydrogen (secondary N) is 1. The Bertz CT molecular complexity index is 209. The summed E-state index contributed by atoms with van der Waals surface area (Å²) in [5.74, 6) is 0. The summed E-state index contributed by atoms with van der Waals surface area (Å²) in [5.41, 5.74) is -0.288. The van der Waals surface area contributed by atoms with Crippen molar-refractivity contribution in [3.05, 3.63) is 0 Å². The van der Waals surface area contributed by atoms with Gasteiger partial charge in [0.2, 0.25) is 0 Å². The maximum Gasteiger partial charge on any atom is 0.120 e. The predicted octanol–water partition coefficient (Wildman–Crippen LogP) is 0.972. The molecule has 1 rings (SSSR count). The van der Waals surface area contributed by atoms with E-state index in [1.807, 2.05) is 0 Å². The number of rotatable bonds is 3. The zero-order valence-electron chi connectivity index (χ0n) is 8.80. The molecule has 1 aliphatic rings. The number of likely N-dealkylation sites (tertiary alicyclic amines) is 1.